The number of aromatic nitrogens is 1. The molecule has 1 aromatic carbocycles. The number of esters is 1. The van der Waals surface area contributed by atoms with Crippen molar-refractivity contribution < 1.29 is 13.9 Å². The van der Waals surface area contributed by atoms with E-state index in [1.165, 1.54) is 7.11 Å². The van der Waals surface area contributed by atoms with Crippen LogP contribution >= 0.6 is 11.6 Å². The first-order chi connectivity index (χ1) is 8.60. The Morgan fingerprint density at radius 1 is 1.39 bits per heavy atom. The summed E-state index contributed by atoms with van der Waals surface area (Å²) in [6.07, 6.45) is 0.111. The number of methoxy groups -OCH3 is 1. The molecule has 0 saturated heterocycles. The van der Waals surface area contributed by atoms with Crippen molar-refractivity contribution in [3.05, 3.63) is 40.7 Å². The molecule has 0 amide bonds. The van der Waals surface area contributed by atoms with Crippen LogP contribution in [0, 0.1) is 6.92 Å². The fraction of sp³-hybridized carbons (Fsp3) is 0.231. The third kappa shape index (κ3) is 2.71. The van der Waals surface area contributed by atoms with Crippen LogP contribution in [0.25, 0.3) is 11.5 Å². The Balaban J connectivity index is 2.28. The van der Waals surface area contributed by atoms with Crippen LogP contribution < -0.4 is 0 Å². The van der Waals surface area contributed by atoms with E-state index in [2.05, 4.69) is 9.72 Å². The maximum Gasteiger partial charge on any atom is 0.311 e. The molecule has 1 heterocycles. The summed E-state index contributed by atoms with van der Waals surface area (Å²) in [5.41, 5.74) is 1.41. The zero-order valence-electron chi connectivity index (χ0n) is 10.1. The molecule has 0 N–H and O–H groups in total. The summed E-state index contributed by atoms with van der Waals surface area (Å²) in [6, 6.07) is 7.15. The Morgan fingerprint density at radius 2 is 2.06 bits per heavy atom. The van der Waals surface area contributed by atoms with E-state index in [0.29, 0.717) is 22.4 Å². The molecule has 5 heteroatoms. The van der Waals surface area contributed by atoms with Crippen molar-refractivity contribution >= 4 is 17.6 Å². The summed E-state index contributed by atoms with van der Waals surface area (Å²) < 4.78 is 10.1. The van der Waals surface area contributed by atoms with Gasteiger partial charge in [-0.2, -0.15) is 0 Å². The third-order valence-corrected chi connectivity index (χ3v) is 2.78. The minimum Gasteiger partial charge on any atom is -0.469 e. The summed E-state index contributed by atoms with van der Waals surface area (Å²) in [4.78, 5) is 15.5. The van der Waals surface area contributed by atoms with Crippen LogP contribution in [0.3, 0.4) is 0 Å². The molecular weight excluding hydrogens is 254 g/mol. The molecule has 0 aliphatic rings. The van der Waals surface area contributed by atoms with Gasteiger partial charge in [0.1, 0.15) is 5.76 Å². The summed E-state index contributed by atoms with van der Waals surface area (Å²) >= 11 is 5.81. The van der Waals surface area contributed by atoms with Crippen LogP contribution in [-0.2, 0) is 16.0 Å². The SMILES string of the molecule is COC(=O)Cc1nc(-c2ccc(Cl)cc2)oc1C. The number of carbonyl (C=O) groups excluding carboxylic acids is 1. The van der Waals surface area contributed by atoms with E-state index in [1.807, 2.05) is 12.1 Å². The van der Waals surface area contributed by atoms with Crippen LogP contribution in [0.2, 0.25) is 5.02 Å². The van der Waals surface area contributed by atoms with Gasteiger partial charge in [-0.05, 0) is 31.2 Å². The van der Waals surface area contributed by atoms with Crippen LogP contribution in [0.1, 0.15) is 11.5 Å². The molecule has 0 bridgehead atoms. The summed E-state index contributed by atoms with van der Waals surface area (Å²) in [7, 11) is 1.35. The van der Waals surface area contributed by atoms with Gasteiger partial charge in [-0.1, -0.05) is 11.6 Å². The molecule has 0 aliphatic carbocycles. The van der Waals surface area contributed by atoms with Crippen molar-refractivity contribution in [2.75, 3.05) is 7.11 Å². The zero-order valence-corrected chi connectivity index (χ0v) is 10.8. The average Bonchev–Trinajstić information content (AvgIpc) is 2.71. The molecule has 0 saturated carbocycles. The number of carbonyl (C=O) groups is 1. The van der Waals surface area contributed by atoms with Gasteiger partial charge >= 0.3 is 5.97 Å². The van der Waals surface area contributed by atoms with Crippen molar-refractivity contribution in [1.29, 1.82) is 0 Å². The minimum absolute atomic E-state index is 0.111. The van der Waals surface area contributed by atoms with E-state index in [1.54, 1.807) is 19.1 Å². The molecule has 0 fully saturated rings. The topological polar surface area (TPSA) is 52.3 Å². The molecule has 2 rings (SSSR count). The van der Waals surface area contributed by atoms with E-state index in [0.717, 1.165) is 5.56 Å². The van der Waals surface area contributed by atoms with Crippen LogP contribution in [-0.4, -0.2) is 18.1 Å². The Hall–Kier alpha value is -1.81. The number of halogens is 1. The number of hydrogen-bond acceptors (Lipinski definition) is 4. The van der Waals surface area contributed by atoms with Gasteiger partial charge in [-0.25, -0.2) is 4.98 Å². The Bertz CT molecular complexity index is 560. The van der Waals surface area contributed by atoms with Gasteiger partial charge in [0.2, 0.25) is 5.89 Å². The Kier molecular flexibility index (Phi) is 3.67. The molecule has 4 nitrogen and oxygen atoms in total. The predicted octanol–water partition coefficient (Wildman–Crippen LogP) is 3.02. The minimum atomic E-state index is -0.339. The van der Waals surface area contributed by atoms with Gasteiger partial charge in [0.15, 0.2) is 0 Å². The molecule has 0 unspecified atom stereocenters. The van der Waals surface area contributed by atoms with Crippen molar-refractivity contribution in [1.82, 2.24) is 4.98 Å². The molecule has 0 aliphatic heterocycles. The van der Waals surface area contributed by atoms with E-state index >= 15 is 0 Å². The fourth-order valence-corrected chi connectivity index (χ4v) is 1.64. The maximum absolute atomic E-state index is 11.2. The standard InChI is InChI=1S/C13H12ClNO3/c1-8-11(7-12(16)17-2)15-13(18-8)9-3-5-10(14)6-4-9/h3-6H,7H2,1-2H3. The predicted molar refractivity (Wildman–Crippen MR) is 67.4 cm³/mol. The van der Waals surface area contributed by atoms with Gasteiger partial charge in [0.25, 0.3) is 0 Å². The normalized spacial score (nSPS) is 10.4. The van der Waals surface area contributed by atoms with Crippen molar-refractivity contribution in [2.24, 2.45) is 0 Å². The summed E-state index contributed by atoms with van der Waals surface area (Å²) in [5, 5.41) is 0.650. The number of oxazole rings is 1. The zero-order chi connectivity index (χ0) is 13.1. The molecule has 0 radical (unpaired) electrons. The molecule has 1 aromatic heterocycles. The fourth-order valence-electron chi connectivity index (χ4n) is 1.52. The monoisotopic (exact) mass is 265 g/mol. The maximum atomic E-state index is 11.2. The largest absolute Gasteiger partial charge is 0.469 e. The quantitative estimate of drug-likeness (QED) is 0.801. The number of aryl methyl sites for hydroxylation is 1. The molecule has 18 heavy (non-hydrogen) atoms. The lowest BCUT2D eigenvalue weighted by Gasteiger charge is -1.95. The Morgan fingerprint density at radius 3 is 2.67 bits per heavy atom. The van der Waals surface area contributed by atoms with E-state index < -0.39 is 0 Å². The van der Waals surface area contributed by atoms with Crippen molar-refractivity contribution in [3.8, 4) is 11.5 Å². The molecular formula is C13H12ClNO3. The van der Waals surface area contributed by atoms with Crippen LogP contribution in [0.4, 0.5) is 0 Å². The molecule has 94 valence electrons. The third-order valence-electron chi connectivity index (χ3n) is 2.52. The lowest BCUT2D eigenvalue weighted by molar-refractivity contribution is -0.139. The second-order valence-corrected chi connectivity index (χ2v) is 4.22. The van der Waals surface area contributed by atoms with Gasteiger partial charge in [-0.15, -0.1) is 0 Å². The highest BCUT2D eigenvalue weighted by molar-refractivity contribution is 6.30. The van der Waals surface area contributed by atoms with Crippen molar-refractivity contribution in [2.45, 2.75) is 13.3 Å². The molecule has 2 aromatic rings. The smallest absolute Gasteiger partial charge is 0.311 e. The van der Waals surface area contributed by atoms with Gasteiger partial charge < -0.3 is 9.15 Å². The first kappa shape index (κ1) is 12.6. The number of ether oxygens (including phenoxy) is 1. The van der Waals surface area contributed by atoms with Crippen molar-refractivity contribution in [3.63, 3.8) is 0 Å². The van der Waals surface area contributed by atoms with Crippen LogP contribution in [0.5, 0.6) is 0 Å². The second-order valence-electron chi connectivity index (χ2n) is 3.78. The highest BCUT2D eigenvalue weighted by atomic mass is 35.5. The lowest BCUT2D eigenvalue weighted by Crippen LogP contribution is -2.05. The highest BCUT2D eigenvalue weighted by Gasteiger charge is 2.14. The van der Waals surface area contributed by atoms with E-state index in [-0.39, 0.29) is 12.4 Å². The Labute approximate surface area is 110 Å². The second kappa shape index (κ2) is 5.23. The summed E-state index contributed by atoms with van der Waals surface area (Å²) in [5.74, 6) is 0.752. The average molecular weight is 266 g/mol. The first-order valence-corrected chi connectivity index (χ1v) is 5.77. The number of nitrogens with zero attached hydrogens (tertiary/aromatic N) is 1. The number of hydrogen-bond donors (Lipinski definition) is 0. The number of rotatable bonds is 3. The molecule has 0 spiro atoms. The summed E-state index contributed by atoms with van der Waals surface area (Å²) in [6.45, 7) is 1.77. The van der Waals surface area contributed by atoms with Gasteiger partial charge in [0.05, 0.1) is 19.2 Å². The van der Waals surface area contributed by atoms with Gasteiger partial charge in [0, 0.05) is 10.6 Å². The van der Waals surface area contributed by atoms with Gasteiger partial charge in [-0.3, -0.25) is 4.79 Å². The lowest BCUT2D eigenvalue weighted by atomic mass is 10.2. The van der Waals surface area contributed by atoms with E-state index in [9.17, 15) is 4.79 Å². The van der Waals surface area contributed by atoms with Crippen LogP contribution in [0.15, 0.2) is 28.7 Å². The molecule has 0 atom stereocenters. The van der Waals surface area contributed by atoms with E-state index in [4.69, 9.17) is 16.0 Å². The highest BCUT2D eigenvalue weighted by Crippen LogP contribution is 2.23. The number of benzene rings is 1. The first-order valence-electron chi connectivity index (χ1n) is 5.39.